The molecule has 2 aliphatic heterocycles. The van der Waals surface area contributed by atoms with Crippen LogP contribution in [0, 0.1) is 5.82 Å². The van der Waals surface area contributed by atoms with Crippen molar-refractivity contribution in [1.82, 2.24) is 14.7 Å². The van der Waals surface area contributed by atoms with Gasteiger partial charge >= 0.3 is 0 Å². The van der Waals surface area contributed by atoms with E-state index < -0.39 is 0 Å². The van der Waals surface area contributed by atoms with Gasteiger partial charge in [-0.15, -0.1) is 0 Å². The van der Waals surface area contributed by atoms with Crippen LogP contribution in [0.1, 0.15) is 24.4 Å². The fourth-order valence-electron chi connectivity index (χ4n) is 3.87. The molecule has 0 aromatic heterocycles. The zero-order chi connectivity index (χ0) is 17.8. The van der Waals surface area contributed by atoms with Gasteiger partial charge in [-0.25, -0.2) is 4.39 Å². The Bertz CT molecular complexity index is 565. The first kappa shape index (κ1) is 18.3. The summed E-state index contributed by atoms with van der Waals surface area (Å²) in [5.41, 5.74) is 0.840. The lowest BCUT2D eigenvalue weighted by Gasteiger charge is -2.41. The fraction of sp³-hybridized carbons (Fsp3) is 0.632. The zero-order valence-corrected chi connectivity index (χ0v) is 15.2. The molecule has 3 rings (SSSR count). The Balaban J connectivity index is 1.62. The largest absolute Gasteiger partial charge is 0.379 e. The molecule has 25 heavy (non-hydrogen) atoms. The van der Waals surface area contributed by atoms with E-state index in [1.165, 1.54) is 12.1 Å². The number of halogens is 1. The minimum Gasteiger partial charge on any atom is -0.379 e. The van der Waals surface area contributed by atoms with Crippen molar-refractivity contribution >= 4 is 5.91 Å². The Kier molecular flexibility index (Phi) is 6.04. The molecule has 2 heterocycles. The van der Waals surface area contributed by atoms with Crippen molar-refractivity contribution in [2.45, 2.75) is 24.9 Å². The summed E-state index contributed by atoms with van der Waals surface area (Å²) < 4.78 is 18.6. The first-order valence-electron chi connectivity index (χ1n) is 9.09. The van der Waals surface area contributed by atoms with Gasteiger partial charge in [0.2, 0.25) is 5.91 Å². The summed E-state index contributed by atoms with van der Waals surface area (Å²) in [5, 5.41) is 0. The Morgan fingerprint density at radius 3 is 2.28 bits per heavy atom. The van der Waals surface area contributed by atoms with E-state index in [9.17, 15) is 9.18 Å². The number of benzene rings is 1. The van der Waals surface area contributed by atoms with Crippen molar-refractivity contribution < 1.29 is 13.9 Å². The van der Waals surface area contributed by atoms with Crippen molar-refractivity contribution in [3.63, 3.8) is 0 Å². The molecule has 0 aliphatic carbocycles. The van der Waals surface area contributed by atoms with Crippen LogP contribution in [-0.2, 0) is 9.53 Å². The average Bonchev–Trinajstić information content (AvgIpc) is 2.64. The second-order valence-electron chi connectivity index (χ2n) is 7.12. The number of likely N-dealkylation sites (N-methyl/N-ethyl adjacent to an activating group) is 1. The van der Waals surface area contributed by atoms with Gasteiger partial charge in [-0.1, -0.05) is 12.1 Å². The molecule has 0 N–H and O–H groups in total. The summed E-state index contributed by atoms with van der Waals surface area (Å²) in [7, 11) is 3.79. The summed E-state index contributed by atoms with van der Waals surface area (Å²) >= 11 is 0. The van der Waals surface area contributed by atoms with E-state index in [1.54, 1.807) is 12.1 Å². The monoisotopic (exact) mass is 349 g/mol. The summed E-state index contributed by atoms with van der Waals surface area (Å²) in [6.45, 7) is 5.18. The van der Waals surface area contributed by atoms with Crippen LogP contribution in [0.3, 0.4) is 0 Å². The molecule has 5 nitrogen and oxygen atoms in total. The zero-order valence-electron chi connectivity index (χ0n) is 15.2. The number of carbonyl (C=O) groups excluding carboxylic acids is 1. The van der Waals surface area contributed by atoms with E-state index in [1.807, 2.05) is 23.9 Å². The number of likely N-dealkylation sites (tertiary alicyclic amines) is 1. The van der Waals surface area contributed by atoms with Crippen LogP contribution in [0.25, 0.3) is 0 Å². The van der Waals surface area contributed by atoms with Crippen LogP contribution >= 0.6 is 0 Å². The molecule has 2 aliphatic rings. The van der Waals surface area contributed by atoms with Gasteiger partial charge in [0.25, 0.3) is 0 Å². The Hall–Kier alpha value is -1.50. The number of carbonyl (C=O) groups is 1. The van der Waals surface area contributed by atoms with Gasteiger partial charge in [0.05, 0.1) is 13.2 Å². The molecule has 0 radical (unpaired) electrons. The number of rotatable bonds is 4. The van der Waals surface area contributed by atoms with Crippen molar-refractivity contribution in [3.8, 4) is 0 Å². The first-order chi connectivity index (χ1) is 12.1. The highest BCUT2D eigenvalue weighted by Crippen LogP contribution is 2.25. The fourth-order valence-corrected chi connectivity index (χ4v) is 3.87. The van der Waals surface area contributed by atoms with Crippen molar-refractivity contribution in [2.75, 3.05) is 53.5 Å². The smallest absolute Gasteiger partial charge is 0.244 e. The van der Waals surface area contributed by atoms with Crippen LogP contribution in [0.5, 0.6) is 0 Å². The number of hydrogen-bond acceptors (Lipinski definition) is 4. The third-order valence-electron chi connectivity index (χ3n) is 5.27. The number of piperidine rings is 1. The van der Waals surface area contributed by atoms with E-state index in [2.05, 4.69) is 4.90 Å². The van der Waals surface area contributed by atoms with E-state index in [0.29, 0.717) is 6.04 Å². The van der Waals surface area contributed by atoms with Crippen LogP contribution in [0.2, 0.25) is 0 Å². The maximum atomic E-state index is 13.2. The van der Waals surface area contributed by atoms with E-state index in [4.69, 9.17) is 4.74 Å². The first-order valence-corrected chi connectivity index (χ1v) is 9.09. The summed E-state index contributed by atoms with van der Waals surface area (Å²) in [6, 6.07) is 6.45. The molecular formula is C19H28FN3O2. The van der Waals surface area contributed by atoms with Gasteiger partial charge in [-0.05, 0) is 44.6 Å². The molecule has 1 aromatic rings. The molecule has 0 spiro atoms. The molecule has 138 valence electrons. The van der Waals surface area contributed by atoms with Crippen LogP contribution in [0.15, 0.2) is 24.3 Å². The van der Waals surface area contributed by atoms with Gasteiger partial charge in [-0.3, -0.25) is 14.6 Å². The Morgan fingerprint density at radius 1 is 1.12 bits per heavy atom. The van der Waals surface area contributed by atoms with Crippen molar-refractivity contribution in [2.24, 2.45) is 0 Å². The number of morpholine rings is 1. The summed E-state index contributed by atoms with van der Waals surface area (Å²) in [5.74, 6) is -0.169. The highest BCUT2D eigenvalue weighted by molar-refractivity contribution is 5.83. The molecule has 2 saturated heterocycles. The standard InChI is InChI=1S/C19H28FN3O2/c1-21(2)18(15-3-5-16(20)6-4-15)19(24)23-9-7-17(8-10-23)22-11-13-25-14-12-22/h3-6,17-18H,7-14H2,1-2H3/t18-/m0/s1. The lowest BCUT2D eigenvalue weighted by atomic mass is 9.99. The van der Waals surface area contributed by atoms with E-state index in [0.717, 1.165) is 57.8 Å². The topological polar surface area (TPSA) is 36.0 Å². The van der Waals surface area contributed by atoms with Gasteiger partial charge in [0.15, 0.2) is 0 Å². The molecular weight excluding hydrogens is 321 g/mol. The molecule has 1 aromatic carbocycles. The molecule has 1 amide bonds. The van der Waals surface area contributed by atoms with Crippen LogP contribution in [-0.4, -0.2) is 80.1 Å². The predicted octanol–water partition coefficient (Wildman–Crippen LogP) is 1.75. The lowest BCUT2D eigenvalue weighted by Crippen LogP contribution is -2.51. The molecule has 0 bridgehead atoms. The van der Waals surface area contributed by atoms with Gasteiger partial charge in [-0.2, -0.15) is 0 Å². The number of nitrogens with zero attached hydrogens (tertiary/aromatic N) is 3. The quantitative estimate of drug-likeness (QED) is 0.830. The van der Waals surface area contributed by atoms with Crippen molar-refractivity contribution in [3.05, 3.63) is 35.6 Å². The molecule has 2 fully saturated rings. The van der Waals surface area contributed by atoms with E-state index >= 15 is 0 Å². The van der Waals surface area contributed by atoms with E-state index in [-0.39, 0.29) is 17.8 Å². The normalized spacial score (nSPS) is 21.5. The molecule has 1 atom stereocenters. The number of ether oxygens (including phenoxy) is 1. The molecule has 0 saturated carbocycles. The molecule has 0 unspecified atom stereocenters. The van der Waals surface area contributed by atoms with Gasteiger partial charge < -0.3 is 9.64 Å². The Labute approximate surface area is 149 Å². The SMILES string of the molecule is CN(C)[C@H](C(=O)N1CCC(N2CCOCC2)CC1)c1ccc(F)cc1. The third-order valence-corrected chi connectivity index (χ3v) is 5.27. The number of hydrogen-bond donors (Lipinski definition) is 0. The van der Waals surface area contributed by atoms with Gasteiger partial charge in [0.1, 0.15) is 11.9 Å². The lowest BCUT2D eigenvalue weighted by molar-refractivity contribution is -0.138. The minimum absolute atomic E-state index is 0.108. The third kappa shape index (κ3) is 4.37. The predicted molar refractivity (Wildman–Crippen MR) is 94.8 cm³/mol. The average molecular weight is 349 g/mol. The maximum Gasteiger partial charge on any atom is 0.244 e. The maximum absolute atomic E-state index is 13.2. The highest BCUT2D eigenvalue weighted by Gasteiger charge is 2.32. The summed E-state index contributed by atoms with van der Waals surface area (Å²) in [4.78, 5) is 19.4. The van der Waals surface area contributed by atoms with Gasteiger partial charge in [0, 0.05) is 32.2 Å². The highest BCUT2D eigenvalue weighted by atomic mass is 19.1. The van der Waals surface area contributed by atoms with Crippen LogP contribution < -0.4 is 0 Å². The minimum atomic E-state index is -0.361. The van der Waals surface area contributed by atoms with Crippen LogP contribution in [0.4, 0.5) is 4.39 Å². The summed E-state index contributed by atoms with van der Waals surface area (Å²) in [6.07, 6.45) is 2.02. The number of amides is 1. The second kappa shape index (κ2) is 8.25. The Morgan fingerprint density at radius 2 is 1.72 bits per heavy atom. The second-order valence-corrected chi connectivity index (χ2v) is 7.12. The van der Waals surface area contributed by atoms with Crippen molar-refractivity contribution in [1.29, 1.82) is 0 Å². The molecule has 6 heteroatoms.